The second-order valence-electron chi connectivity index (χ2n) is 6.08. The van der Waals surface area contributed by atoms with Crippen LogP contribution in [0.25, 0.3) is 0 Å². The zero-order valence-corrected chi connectivity index (χ0v) is 12.3. The number of carbonyl (C=O) groups is 3. The molecule has 3 amide bonds. The maximum Gasteiger partial charge on any atom is 0.320 e. The Morgan fingerprint density at radius 1 is 1.10 bits per heavy atom. The van der Waals surface area contributed by atoms with Gasteiger partial charge in [-0.2, -0.15) is 0 Å². The molecule has 3 unspecified atom stereocenters. The van der Waals surface area contributed by atoms with Crippen LogP contribution in [0, 0.1) is 11.8 Å². The van der Waals surface area contributed by atoms with Gasteiger partial charge in [-0.3, -0.25) is 9.59 Å². The standard InChI is InChI=1S/C14H23N3O4/c1-9-4-5-10(12(15)18)8-17(9)14(21)16-6-2-3-11(7-16)13(19)20/h9-11H,2-8H2,1H3,(H2,15,18)(H,19,20). The lowest BCUT2D eigenvalue weighted by atomic mass is 9.93. The van der Waals surface area contributed by atoms with Crippen LogP contribution in [-0.2, 0) is 9.59 Å². The number of hydrogen-bond acceptors (Lipinski definition) is 3. The van der Waals surface area contributed by atoms with Gasteiger partial charge in [-0.1, -0.05) is 0 Å². The van der Waals surface area contributed by atoms with E-state index in [0.717, 1.165) is 6.42 Å². The summed E-state index contributed by atoms with van der Waals surface area (Å²) in [5.41, 5.74) is 5.35. The molecule has 0 aromatic heterocycles. The maximum atomic E-state index is 12.6. The number of likely N-dealkylation sites (tertiary alicyclic amines) is 2. The van der Waals surface area contributed by atoms with E-state index in [1.165, 1.54) is 0 Å². The van der Waals surface area contributed by atoms with E-state index < -0.39 is 11.9 Å². The van der Waals surface area contributed by atoms with Crippen molar-refractivity contribution in [3.8, 4) is 0 Å². The quantitative estimate of drug-likeness (QED) is 0.774. The van der Waals surface area contributed by atoms with Crippen LogP contribution in [0.5, 0.6) is 0 Å². The lowest BCUT2D eigenvalue weighted by Crippen LogP contribution is -2.55. The molecule has 3 N–H and O–H groups in total. The number of amides is 3. The summed E-state index contributed by atoms with van der Waals surface area (Å²) in [6.45, 7) is 3.11. The van der Waals surface area contributed by atoms with Crippen LogP contribution >= 0.6 is 0 Å². The fraction of sp³-hybridized carbons (Fsp3) is 0.786. The second kappa shape index (κ2) is 6.32. The molecule has 0 spiro atoms. The van der Waals surface area contributed by atoms with E-state index in [9.17, 15) is 14.4 Å². The van der Waals surface area contributed by atoms with E-state index in [-0.39, 0.29) is 30.4 Å². The highest BCUT2D eigenvalue weighted by Gasteiger charge is 2.36. The topological polar surface area (TPSA) is 104 Å². The van der Waals surface area contributed by atoms with Crippen molar-refractivity contribution in [1.82, 2.24) is 9.80 Å². The van der Waals surface area contributed by atoms with Gasteiger partial charge in [0.05, 0.1) is 11.8 Å². The van der Waals surface area contributed by atoms with Crippen molar-refractivity contribution < 1.29 is 19.5 Å². The van der Waals surface area contributed by atoms with Crippen molar-refractivity contribution in [1.29, 1.82) is 0 Å². The number of carbonyl (C=O) groups excluding carboxylic acids is 2. The summed E-state index contributed by atoms with van der Waals surface area (Å²) < 4.78 is 0. The van der Waals surface area contributed by atoms with Gasteiger partial charge in [-0.15, -0.1) is 0 Å². The van der Waals surface area contributed by atoms with Crippen molar-refractivity contribution >= 4 is 17.9 Å². The van der Waals surface area contributed by atoms with Crippen LogP contribution in [0.4, 0.5) is 4.79 Å². The minimum Gasteiger partial charge on any atom is -0.481 e. The van der Waals surface area contributed by atoms with Crippen molar-refractivity contribution in [3.05, 3.63) is 0 Å². The second-order valence-corrected chi connectivity index (χ2v) is 6.08. The van der Waals surface area contributed by atoms with Crippen LogP contribution in [0.2, 0.25) is 0 Å². The fourth-order valence-electron chi connectivity index (χ4n) is 3.14. The van der Waals surface area contributed by atoms with E-state index >= 15 is 0 Å². The number of carboxylic acid groups (broad SMARTS) is 1. The zero-order valence-electron chi connectivity index (χ0n) is 12.3. The number of piperidine rings is 2. The lowest BCUT2D eigenvalue weighted by Gasteiger charge is -2.41. The van der Waals surface area contributed by atoms with Crippen LogP contribution in [0.15, 0.2) is 0 Å². The van der Waals surface area contributed by atoms with Crippen molar-refractivity contribution in [3.63, 3.8) is 0 Å². The molecule has 2 rings (SSSR count). The molecule has 2 fully saturated rings. The molecule has 3 atom stereocenters. The summed E-state index contributed by atoms with van der Waals surface area (Å²) in [6, 6.07) is -0.113. The normalized spacial score (nSPS) is 30.0. The Bertz CT molecular complexity index is 440. The molecule has 0 radical (unpaired) electrons. The summed E-state index contributed by atoms with van der Waals surface area (Å²) >= 11 is 0. The Morgan fingerprint density at radius 3 is 2.43 bits per heavy atom. The molecule has 0 aromatic carbocycles. The van der Waals surface area contributed by atoms with Gasteiger partial charge in [0, 0.05) is 25.7 Å². The van der Waals surface area contributed by atoms with Crippen LogP contribution in [0.3, 0.4) is 0 Å². The minimum absolute atomic E-state index is 0.0540. The highest BCUT2D eigenvalue weighted by atomic mass is 16.4. The first kappa shape index (κ1) is 15.6. The molecular weight excluding hydrogens is 274 g/mol. The molecule has 2 saturated heterocycles. The Morgan fingerprint density at radius 2 is 1.81 bits per heavy atom. The number of nitrogens with zero attached hydrogens (tertiary/aromatic N) is 2. The molecule has 0 aromatic rings. The third-order valence-corrected chi connectivity index (χ3v) is 4.57. The summed E-state index contributed by atoms with van der Waals surface area (Å²) in [6.07, 6.45) is 2.76. The van der Waals surface area contributed by atoms with Crippen molar-refractivity contribution in [2.45, 2.75) is 38.6 Å². The van der Waals surface area contributed by atoms with Gasteiger partial charge in [0.2, 0.25) is 5.91 Å². The van der Waals surface area contributed by atoms with Crippen molar-refractivity contribution in [2.24, 2.45) is 17.6 Å². The molecular formula is C14H23N3O4. The largest absolute Gasteiger partial charge is 0.481 e. The highest BCUT2D eigenvalue weighted by molar-refractivity contribution is 5.80. The average molecular weight is 297 g/mol. The molecule has 21 heavy (non-hydrogen) atoms. The first-order valence-corrected chi connectivity index (χ1v) is 7.47. The Hall–Kier alpha value is -1.79. The van der Waals surface area contributed by atoms with Crippen molar-refractivity contribution in [2.75, 3.05) is 19.6 Å². The highest BCUT2D eigenvalue weighted by Crippen LogP contribution is 2.25. The summed E-state index contributed by atoms with van der Waals surface area (Å²) in [5, 5.41) is 9.10. The first-order chi connectivity index (χ1) is 9.90. The number of rotatable bonds is 2. The molecule has 2 aliphatic heterocycles. The molecule has 2 heterocycles. The van der Waals surface area contributed by atoms with Gasteiger partial charge < -0.3 is 20.6 Å². The van der Waals surface area contributed by atoms with E-state index in [4.69, 9.17) is 10.8 Å². The lowest BCUT2D eigenvalue weighted by molar-refractivity contribution is -0.143. The number of carboxylic acids is 1. The molecule has 2 aliphatic rings. The minimum atomic E-state index is -0.853. The van der Waals surface area contributed by atoms with E-state index in [2.05, 4.69) is 0 Å². The van der Waals surface area contributed by atoms with Gasteiger partial charge in [-0.25, -0.2) is 4.79 Å². The summed E-state index contributed by atoms with van der Waals surface area (Å²) in [7, 11) is 0. The fourth-order valence-corrected chi connectivity index (χ4v) is 3.14. The Kier molecular flexibility index (Phi) is 4.69. The number of aliphatic carboxylic acids is 1. The van der Waals surface area contributed by atoms with Crippen LogP contribution in [0.1, 0.15) is 32.6 Å². The average Bonchev–Trinajstić information content (AvgIpc) is 2.47. The van der Waals surface area contributed by atoms with Gasteiger partial charge >= 0.3 is 12.0 Å². The SMILES string of the molecule is CC1CCC(C(N)=O)CN1C(=O)N1CCCC(C(=O)O)C1. The predicted octanol–water partition coefficient (Wildman–Crippen LogP) is 0.489. The maximum absolute atomic E-state index is 12.6. The van der Waals surface area contributed by atoms with E-state index in [1.807, 2.05) is 6.92 Å². The number of primary amides is 1. The van der Waals surface area contributed by atoms with Gasteiger partial charge in [-0.05, 0) is 32.6 Å². The molecule has 7 heteroatoms. The van der Waals surface area contributed by atoms with Crippen LogP contribution < -0.4 is 5.73 Å². The van der Waals surface area contributed by atoms with E-state index in [1.54, 1.807) is 9.80 Å². The first-order valence-electron chi connectivity index (χ1n) is 7.47. The van der Waals surface area contributed by atoms with E-state index in [0.29, 0.717) is 32.4 Å². The molecule has 0 bridgehead atoms. The number of urea groups is 1. The Labute approximate surface area is 124 Å². The molecule has 7 nitrogen and oxygen atoms in total. The zero-order chi connectivity index (χ0) is 15.6. The Balaban J connectivity index is 2.03. The molecule has 118 valence electrons. The third-order valence-electron chi connectivity index (χ3n) is 4.57. The number of hydrogen-bond donors (Lipinski definition) is 2. The third kappa shape index (κ3) is 3.46. The molecule has 0 saturated carbocycles. The molecule has 0 aliphatic carbocycles. The number of nitrogens with two attached hydrogens (primary N) is 1. The van der Waals surface area contributed by atoms with Gasteiger partial charge in [0.1, 0.15) is 0 Å². The van der Waals surface area contributed by atoms with Gasteiger partial charge in [0.25, 0.3) is 0 Å². The van der Waals surface area contributed by atoms with Crippen LogP contribution in [-0.4, -0.2) is 58.5 Å². The summed E-state index contributed by atoms with van der Waals surface area (Å²) in [4.78, 5) is 38.3. The predicted molar refractivity (Wildman–Crippen MR) is 75.4 cm³/mol. The monoisotopic (exact) mass is 297 g/mol. The smallest absolute Gasteiger partial charge is 0.320 e. The van der Waals surface area contributed by atoms with Gasteiger partial charge in [0.15, 0.2) is 0 Å². The summed E-state index contributed by atoms with van der Waals surface area (Å²) in [5.74, 6) is -2.02.